The molecule has 0 aliphatic rings. The first-order valence-electron chi connectivity index (χ1n) is 6.89. The Morgan fingerprint density at radius 1 is 0.880 bits per heavy atom. The fourth-order valence-electron chi connectivity index (χ4n) is 1.98. The molecule has 0 saturated carbocycles. The van der Waals surface area contributed by atoms with Crippen LogP contribution in [0.4, 0.5) is 13.2 Å². The van der Waals surface area contributed by atoms with E-state index in [1.54, 1.807) is 24.3 Å². The van der Waals surface area contributed by atoms with E-state index in [1.807, 2.05) is 6.07 Å². The van der Waals surface area contributed by atoms with Gasteiger partial charge in [-0.3, -0.25) is 0 Å². The Kier molecular flexibility index (Phi) is 4.25. The molecular formula is C16H10F3NO4S. The molecule has 3 aromatic rings. The van der Waals surface area contributed by atoms with E-state index in [0.29, 0.717) is 16.7 Å². The van der Waals surface area contributed by atoms with Gasteiger partial charge in [-0.1, -0.05) is 18.2 Å². The molecule has 1 aromatic heterocycles. The van der Waals surface area contributed by atoms with Crippen molar-refractivity contribution >= 4 is 21.0 Å². The topological polar surface area (TPSA) is 65.5 Å². The third-order valence-corrected chi connectivity index (χ3v) is 4.07. The Hall–Kier alpha value is -2.81. The number of aromatic nitrogens is 1. The molecular weight excluding hydrogens is 359 g/mol. The summed E-state index contributed by atoms with van der Waals surface area (Å²) >= 11 is 0. The number of nitrogens with zero attached hydrogens (tertiary/aromatic N) is 1. The Balaban J connectivity index is 1.86. The van der Waals surface area contributed by atoms with Gasteiger partial charge in [0, 0.05) is 11.5 Å². The molecule has 2 aromatic carbocycles. The molecule has 0 bridgehead atoms. The maximum Gasteiger partial charge on any atom is 0.534 e. The molecule has 25 heavy (non-hydrogen) atoms. The first-order valence-corrected chi connectivity index (χ1v) is 8.30. The number of hydrogen-bond donors (Lipinski definition) is 0. The highest BCUT2D eigenvalue weighted by molar-refractivity contribution is 7.88. The predicted molar refractivity (Wildman–Crippen MR) is 83.9 cm³/mol. The van der Waals surface area contributed by atoms with E-state index in [9.17, 15) is 21.6 Å². The average Bonchev–Trinajstić information content (AvgIpc) is 2.54. The summed E-state index contributed by atoms with van der Waals surface area (Å²) in [6.07, 6.45) is 0. The van der Waals surface area contributed by atoms with Crippen molar-refractivity contribution in [3.05, 3.63) is 60.7 Å². The Bertz CT molecular complexity index is 1000. The standard InChI is InChI=1S/C16H10F3NO4S/c17-16(18,19)25(21,22)24-13-7-8-14-11(10-13)6-9-15(20-14)23-12-4-2-1-3-5-12/h1-10H. The summed E-state index contributed by atoms with van der Waals surface area (Å²) < 4.78 is 68.8. The molecule has 0 radical (unpaired) electrons. The van der Waals surface area contributed by atoms with Gasteiger partial charge in [-0.2, -0.15) is 21.6 Å². The normalized spacial score (nSPS) is 12.1. The minimum atomic E-state index is -5.71. The summed E-state index contributed by atoms with van der Waals surface area (Å²) in [5.41, 5.74) is -5.08. The molecule has 0 atom stereocenters. The zero-order valence-corrected chi connectivity index (χ0v) is 13.2. The number of fused-ring (bicyclic) bond motifs is 1. The van der Waals surface area contributed by atoms with E-state index in [0.717, 1.165) is 12.1 Å². The Labute approximate surface area is 140 Å². The van der Waals surface area contributed by atoms with E-state index < -0.39 is 21.4 Å². The van der Waals surface area contributed by atoms with Crippen LogP contribution in [-0.2, 0) is 10.1 Å². The number of alkyl halides is 3. The van der Waals surface area contributed by atoms with Crippen molar-refractivity contribution < 1.29 is 30.5 Å². The summed E-state index contributed by atoms with van der Waals surface area (Å²) in [6.45, 7) is 0. The number of hydrogen-bond acceptors (Lipinski definition) is 5. The highest BCUT2D eigenvalue weighted by atomic mass is 32.2. The number of rotatable bonds is 4. The highest BCUT2D eigenvalue weighted by Gasteiger charge is 2.48. The molecule has 0 N–H and O–H groups in total. The van der Waals surface area contributed by atoms with Gasteiger partial charge in [-0.25, -0.2) is 4.98 Å². The zero-order chi connectivity index (χ0) is 18.1. The lowest BCUT2D eigenvalue weighted by Crippen LogP contribution is -2.28. The third kappa shape index (κ3) is 3.82. The summed E-state index contributed by atoms with van der Waals surface area (Å²) in [4.78, 5) is 4.21. The van der Waals surface area contributed by atoms with Gasteiger partial charge in [-0.15, -0.1) is 0 Å². The van der Waals surface area contributed by atoms with Crippen LogP contribution in [0.5, 0.6) is 17.4 Å². The Morgan fingerprint density at radius 3 is 2.28 bits per heavy atom. The van der Waals surface area contributed by atoms with Crippen LogP contribution < -0.4 is 8.92 Å². The number of para-hydroxylation sites is 1. The van der Waals surface area contributed by atoms with Crippen LogP contribution in [0.15, 0.2) is 60.7 Å². The molecule has 0 unspecified atom stereocenters. The van der Waals surface area contributed by atoms with Gasteiger partial charge in [0.25, 0.3) is 0 Å². The van der Waals surface area contributed by atoms with Gasteiger partial charge in [0.1, 0.15) is 11.5 Å². The van der Waals surface area contributed by atoms with E-state index >= 15 is 0 Å². The minimum absolute atomic E-state index is 0.287. The van der Waals surface area contributed by atoms with Gasteiger partial charge in [0.05, 0.1) is 5.52 Å². The van der Waals surface area contributed by atoms with Crippen molar-refractivity contribution in [2.75, 3.05) is 0 Å². The van der Waals surface area contributed by atoms with Gasteiger partial charge in [0.2, 0.25) is 5.88 Å². The van der Waals surface area contributed by atoms with Crippen LogP contribution in [0.2, 0.25) is 0 Å². The minimum Gasteiger partial charge on any atom is -0.439 e. The molecule has 0 spiro atoms. The maximum absolute atomic E-state index is 12.4. The molecule has 0 amide bonds. The maximum atomic E-state index is 12.4. The predicted octanol–water partition coefficient (Wildman–Crippen LogP) is 4.26. The molecule has 5 nitrogen and oxygen atoms in total. The van der Waals surface area contributed by atoms with Crippen molar-refractivity contribution in [2.45, 2.75) is 5.51 Å². The molecule has 0 aliphatic heterocycles. The summed E-state index contributed by atoms with van der Waals surface area (Å²) in [7, 11) is -5.71. The molecule has 0 fully saturated rings. The number of ether oxygens (including phenoxy) is 1. The average molecular weight is 369 g/mol. The van der Waals surface area contributed by atoms with Gasteiger partial charge in [-0.05, 0) is 36.4 Å². The molecule has 0 saturated heterocycles. The Morgan fingerprint density at radius 2 is 1.60 bits per heavy atom. The zero-order valence-electron chi connectivity index (χ0n) is 12.4. The van der Waals surface area contributed by atoms with Gasteiger partial charge < -0.3 is 8.92 Å². The van der Waals surface area contributed by atoms with Crippen LogP contribution in [0.25, 0.3) is 10.9 Å². The smallest absolute Gasteiger partial charge is 0.439 e. The second kappa shape index (κ2) is 6.25. The molecule has 0 aliphatic carbocycles. The van der Waals surface area contributed by atoms with Crippen molar-refractivity contribution in [3.8, 4) is 17.4 Å². The lowest BCUT2D eigenvalue weighted by molar-refractivity contribution is -0.0500. The summed E-state index contributed by atoms with van der Waals surface area (Å²) in [6, 6.07) is 15.5. The van der Waals surface area contributed by atoms with E-state index in [-0.39, 0.29) is 5.88 Å². The molecule has 3 rings (SSSR count). The lowest BCUT2D eigenvalue weighted by Gasteiger charge is -2.10. The van der Waals surface area contributed by atoms with E-state index in [4.69, 9.17) is 4.74 Å². The molecule has 130 valence electrons. The number of benzene rings is 2. The van der Waals surface area contributed by atoms with Gasteiger partial charge in [0.15, 0.2) is 0 Å². The van der Waals surface area contributed by atoms with Crippen molar-refractivity contribution in [1.29, 1.82) is 0 Å². The van der Waals surface area contributed by atoms with Crippen molar-refractivity contribution in [1.82, 2.24) is 4.98 Å². The fraction of sp³-hybridized carbons (Fsp3) is 0.0625. The summed E-state index contributed by atoms with van der Waals surface area (Å²) in [5.74, 6) is 0.407. The SMILES string of the molecule is O=S(=O)(Oc1ccc2nc(Oc3ccccc3)ccc2c1)C(F)(F)F. The monoisotopic (exact) mass is 369 g/mol. The van der Waals surface area contributed by atoms with Crippen LogP contribution in [0, 0.1) is 0 Å². The van der Waals surface area contributed by atoms with Crippen molar-refractivity contribution in [3.63, 3.8) is 0 Å². The van der Waals surface area contributed by atoms with Crippen LogP contribution >= 0.6 is 0 Å². The largest absolute Gasteiger partial charge is 0.534 e. The first kappa shape index (κ1) is 17.0. The second-order valence-electron chi connectivity index (χ2n) is 4.90. The van der Waals surface area contributed by atoms with Crippen LogP contribution in [0.3, 0.4) is 0 Å². The highest BCUT2D eigenvalue weighted by Crippen LogP contribution is 2.29. The van der Waals surface area contributed by atoms with E-state index in [2.05, 4.69) is 9.17 Å². The third-order valence-electron chi connectivity index (χ3n) is 3.09. The fourth-order valence-corrected chi connectivity index (χ4v) is 2.43. The molecule has 9 heteroatoms. The lowest BCUT2D eigenvalue weighted by atomic mass is 10.2. The number of pyridine rings is 1. The number of halogens is 3. The van der Waals surface area contributed by atoms with Crippen LogP contribution in [0.1, 0.15) is 0 Å². The second-order valence-corrected chi connectivity index (χ2v) is 6.44. The van der Waals surface area contributed by atoms with E-state index in [1.165, 1.54) is 18.2 Å². The van der Waals surface area contributed by atoms with Gasteiger partial charge >= 0.3 is 15.6 Å². The van der Waals surface area contributed by atoms with Crippen molar-refractivity contribution in [2.24, 2.45) is 0 Å². The quantitative estimate of drug-likeness (QED) is 0.508. The molecule has 1 heterocycles. The summed E-state index contributed by atoms with van der Waals surface area (Å²) in [5, 5.41) is 0.398. The first-order chi connectivity index (χ1) is 11.7. The van der Waals surface area contributed by atoms with Crippen LogP contribution in [-0.4, -0.2) is 18.9 Å².